The first-order valence-electron chi connectivity index (χ1n) is 4.92. The van der Waals surface area contributed by atoms with Gasteiger partial charge in [0, 0.05) is 12.6 Å². The Kier molecular flexibility index (Phi) is 2.34. The zero-order valence-electron chi connectivity index (χ0n) is 8.03. The van der Waals surface area contributed by atoms with Crippen LogP contribution in [0.25, 0.3) is 0 Å². The minimum Gasteiger partial charge on any atom is -0.268 e. The molecule has 0 aromatic heterocycles. The summed E-state index contributed by atoms with van der Waals surface area (Å²) in [5.74, 6) is 5.94. The summed E-state index contributed by atoms with van der Waals surface area (Å²) in [6.07, 6.45) is 2.18. The van der Waals surface area contributed by atoms with E-state index in [4.69, 9.17) is 5.84 Å². The van der Waals surface area contributed by atoms with Gasteiger partial charge in [0.1, 0.15) is 0 Å². The highest BCUT2D eigenvalue weighted by molar-refractivity contribution is 5.32. The highest BCUT2D eigenvalue weighted by Crippen LogP contribution is 2.29. The van der Waals surface area contributed by atoms with Crippen LogP contribution in [0.1, 0.15) is 30.5 Å². The average Bonchev–Trinajstić information content (AvgIpc) is 2.18. The van der Waals surface area contributed by atoms with Crippen LogP contribution in [-0.2, 0) is 6.42 Å². The molecule has 0 aliphatic carbocycles. The fraction of sp³-hybridized carbons (Fsp3) is 0.455. The fourth-order valence-electron chi connectivity index (χ4n) is 2.13. The molecule has 0 saturated heterocycles. The van der Waals surface area contributed by atoms with Crippen molar-refractivity contribution < 1.29 is 0 Å². The van der Waals surface area contributed by atoms with Gasteiger partial charge in [-0.3, -0.25) is 5.84 Å². The van der Waals surface area contributed by atoms with Crippen LogP contribution in [0.5, 0.6) is 0 Å². The molecule has 2 heteroatoms. The van der Waals surface area contributed by atoms with Gasteiger partial charge in [0.25, 0.3) is 0 Å². The molecule has 1 aliphatic heterocycles. The van der Waals surface area contributed by atoms with Crippen molar-refractivity contribution in [2.45, 2.75) is 25.8 Å². The molecule has 0 fully saturated rings. The zero-order valence-corrected chi connectivity index (χ0v) is 8.03. The Labute approximate surface area is 79.3 Å². The van der Waals surface area contributed by atoms with E-state index in [1.165, 1.54) is 11.1 Å². The minimum atomic E-state index is 0.421. The molecular weight excluding hydrogens is 160 g/mol. The Bertz CT molecular complexity index is 296. The Balaban J connectivity index is 2.39. The largest absolute Gasteiger partial charge is 0.268 e. The number of nitrogens with two attached hydrogens (primary N) is 1. The predicted molar refractivity (Wildman–Crippen MR) is 54.1 cm³/mol. The van der Waals surface area contributed by atoms with E-state index in [0.29, 0.717) is 6.04 Å². The minimum absolute atomic E-state index is 0.421. The number of benzene rings is 1. The maximum atomic E-state index is 5.94. The number of hydrogen-bond acceptors (Lipinski definition) is 2. The third-order valence-corrected chi connectivity index (χ3v) is 2.84. The Morgan fingerprint density at radius 3 is 3.00 bits per heavy atom. The number of rotatable bonds is 1. The van der Waals surface area contributed by atoms with E-state index in [1.54, 1.807) is 0 Å². The van der Waals surface area contributed by atoms with Crippen molar-refractivity contribution >= 4 is 0 Å². The molecule has 70 valence electrons. The molecule has 0 amide bonds. The van der Waals surface area contributed by atoms with E-state index in [-0.39, 0.29) is 0 Å². The Hall–Kier alpha value is -0.860. The van der Waals surface area contributed by atoms with Crippen molar-refractivity contribution in [3.63, 3.8) is 0 Å². The summed E-state index contributed by atoms with van der Waals surface area (Å²) < 4.78 is 0. The highest BCUT2D eigenvalue weighted by atomic mass is 15.4. The SMILES string of the molecule is CC[C@@H]1c2ccccc2CCN1N. The van der Waals surface area contributed by atoms with Gasteiger partial charge in [-0.2, -0.15) is 0 Å². The third-order valence-electron chi connectivity index (χ3n) is 2.84. The summed E-state index contributed by atoms with van der Waals surface area (Å²) in [5.41, 5.74) is 2.88. The molecule has 1 aromatic rings. The lowest BCUT2D eigenvalue weighted by molar-refractivity contribution is 0.184. The molecule has 2 N–H and O–H groups in total. The lowest BCUT2D eigenvalue weighted by Gasteiger charge is -2.33. The van der Waals surface area contributed by atoms with Crippen LogP contribution in [0.4, 0.5) is 0 Å². The van der Waals surface area contributed by atoms with Gasteiger partial charge in [-0.1, -0.05) is 31.2 Å². The van der Waals surface area contributed by atoms with E-state index in [1.807, 2.05) is 5.01 Å². The second-order valence-electron chi connectivity index (χ2n) is 3.61. The van der Waals surface area contributed by atoms with Crippen LogP contribution in [0.3, 0.4) is 0 Å². The van der Waals surface area contributed by atoms with Gasteiger partial charge in [-0.15, -0.1) is 0 Å². The summed E-state index contributed by atoms with van der Waals surface area (Å²) in [7, 11) is 0. The molecule has 2 nitrogen and oxygen atoms in total. The quantitative estimate of drug-likeness (QED) is 0.662. The molecule has 1 aromatic carbocycles. The van der Waals surface area contributed by atoms with Crippen LogP contribution < -0.4 is 5.84 Å². The molecule has 2 rings (SSSR count). The van der Waals surface area contributed by atoms with Crippen LogP contribution in [0.2, 0.25) is 0 Å². The molecule has 0 bridgehead atoms. The monoisotopic (exact) mass is 176 g/mol. The molecule has 0 saturated carbocycles. The van der Waals surface area contributed by atoms with Crippen molar-refractivity contribution in [1.29, 1.82) is 0 Å². The van der Waals surface area contributed by atoms with Crippen LogP contribution in [0, 0.1) is 0 Å². The van der Waals surface area contributed by atoms with Gasteiger partial charge < -0.3 is 0 Å². The van der Waals surface area contributed by atoms with Gasteiger partial charge in [0.05, 0.1) is 0 Å². The van der Waals surface area contributed by atoms with E-state index in [2.05, 4.69) is 31.2 Å². The molecule has 13 heavy (non-hydrogen) atoms. The molecular formula is C11H16N2. The van der Waals surface area contributed by atoms with E-state index < -0.39 is 0 Å². The van der Waals surface area contributed by atoms with Crippen LogP contribution in [-0.4, -0.2) is 11.6 Å². The van der Waals surface area contributed by atoms with Crippen LogP contribution in [0.15, 0.2) is 24.3 Å². The number of nitrogens with zero attached hydrogens (tertiary/aromatic N) is 1. The zero-order chi connectivity index (χ0) is 9.26. The fourth-order valence-corrected chi connectivity index (χ4v) is 2.13. The van der Waals surface area contributed by atoms with Crippen molar-refractivity contribution in [2.75, 3.05) is 6.54 Å². The van der Waals surface area contributed by atoms with Gasteiger partial charge in [0.15, 0.2) is 0 Å². The summed E-state index contributed by atoms with van der Waals surface area (Å²) in [4.78, 5) is 0. The van der Waals surface area contributed by atoms with Crippen molar-refractivity contribution in [3.8, 4) is 0 Å². The predicted octanol–water partition coefficient (Wildman–Crippen LogP) is 1.87. The van der Waals surface area contributed by atoms with Crippen LogP contribution >= 0.6 is 0 Å². The number of hydrogen-bond donors (Lipinski definition) is 1. The average molecular weight is 176 g/mol. The Morgan fingerprint density at radius 1 is 1.46 bits per heavy atom. The van der Waals surface area contributed by atoms with E-state index >= 15 is 0 Å². The molecule has 1 heterocycles. The van der Waals surface area contributed by atoms with Gasteiger partial charge >= 0.3 is 0 Å². The second-order valence-corrected chi connectivity index (χ2v) is 3.61. The first-order valence-corrected chi connectivity index (χ1v) is 4.92. The molecule has 1 aliphatic rings. The highest BCUT2D eigenvalue weighted by Gasteiger charge is 2.22. The van der Waals surface area contributed by atoms with Crippen molar-refractivity contribution in [2.24, 2.45) is 5.84 Å². The smallest absolute Gasteiger partial charge is 0.0490 e. The van der Waals surface area contributed by atoms with Gasteiger partial charge in [-0.25, -0.2) is 5.01 Å². The second kappa shape index (κ2) is 3.48. The lowest BCUT2D eigenvalue weighted by Crippen LogP contribution is -2.40. The first-order chi connectivity index (χ1) is 6.33. The normalized spacial score (nSPS) is 22.8. The molecule has 1 atom stereocenters. The summed E-state index contributed by atoms with van der Waals surface area (Å²) in [6, 6.07) is 9.04. The molecule has 0 spiro atoms. The van der Waals surface area contributed by atoms with Crippen molar-refractivity contribution in [1.82, 2.24) is 5.01 Å². The topological polar surface area (TPSA) is 29.3 Å². The molecule has 0 radical (unpaired) electrons. The summed E-state index contributed by atoms with van der Waals surface area (Å²) in [5, 5.41) is 1.96. The van der Waals surface area contributed by atoms with Gasteiger partial charge in [-0.05, 0) is 24.0 Å². The summed E-state index contributed by atoms with van der Waals surface area (Å²) in [6.45, 7) is 3.17. The van der Waals surface area contributed by atoms with E-state index in [9.17, 15) is 0 Å². The third kappa shape index (κ3) is 1.47. The standard InChI is InChI=1S/C11H16N2/c1-2-11-10-6-4-3-5-9(10)7-8-13(11)12/h3-6,11H,2,7-8,12H2,1H3/t11-/m1/s1. The lowest BCUT2D eigenvalue weighted by atomic mass is 9.92. The maximum Gasteiger partial charge on any atom is 0.0490 e. The summed E-state index contributed by atoms with van der Waals surface area (Å²) >= 11 is 0. The molecule has 0 unspecified atom stereocenters. The van der Waals surface area contributed by atoms with Crippen molar-refractivity contribution in [3.05, 3.63) is 35.4 Å². The van der Waals surface area contributed by atoms with Gasteiger partial charge in [0.2, 0.25) is 0 Å². The number of hydrazine groups is 1. The first kappa shape index (κ1) is 8.73. The Morgan fingerprint density at radius 2 is 2.23 bits per heavy atom. The number of fused-ring (bicyclic) bond motifs is 1. The van der Waals surface area contributed by atoms with E-state index in [0.717, 1.165) is 19.4 Å². The maximum absolute atomic E-state index is 5.94.